The summed E-state index contributed by atoms with van der Waals surface area (Å²) in [6, 6.07) is 7.89. The average molecular weight is 211 g/mol. The molecule has 1 rings (SSSR count). The first-order valence-corrected chi connectivity index (χ1v) is 5.47. The van der Waals surface area contributed by atoms with Crippen molar-refractivity contribution in [2.45, 2.75) is 37.8 Å². The van der Waals surface area contributed by atoms with Crippen LogP contribution in [0, 0.1) is 0 Å². The van der Waals surface area contributed by atoms with E-state index in [0.29, 0.717) is 0 Å². The molecule has 1 aromatic carbocycles. The molecule has 0 spiro atoms. The predicted molar refractivity (Wildman–Crippen MR) is 61.1 cm³/mol. The zero-order valence-electron chi connectivity index (χ0n) is 8.87. The van der Waals surface area contributed by atoms with Gasteiger partial charge >= 0.3 is 0 Å². The first-order chi connectivity index (χ1) is 6.51. The third kappa shape index (κ3) is 4.13. The largest absolute Gasteiger partial charge is 0.392 e. The monoisotopic (exact) mass is 211 g/mol. The van der Waals surface area contributed by atoms with Gasteiger partial charge in [-0.05, 0) is 50.4 Å². The van der Waals surface area contributed by atoms with Gasteiger partial charge < -0.3 is 5.11 Å². The highest BCUT2D eigenvalue weighted by molar-refractivity contribution is 7.97. The van der Waals surface area contributed by atoms with Gasteiger partial charge in [-0.3, -0.25) is 4.72 Å². The minimum atomic E-state index is 0.109. The normalized spacial score (nSPS) is 11.7. The van der Waals surface area contributed by atoms with E-state index in [-0.39, 0.29) is 12.1 Å². The van der Waals surface area contributed by atoms with E-state index in [1.165, 1.54) is 0 Å². The average Bonchev–Trinajstić information content (AvgIpc) is 2.14. The fourth-order valence-corrected chi connectivity index (χ4v) is 1.57. The maximum atomic E-state index is 8.87. The third-order valence-corrected chi connectivity index (χ3v) is 2.80. The minimum absolute atomic E-state index is 0.109. The van der Waals surface area contributed by atoms with Crippen LogP contribution in [-0.2, 0) is 6.61 Å². The fourth-order valence-electron chi connectivity index (χ4n) is 0.875. The summed E-state index contributed by atoms with van der Waals surface area (Å²) in [6.45, 7) is 6.49. The Balaban J connectivity index is 2.52. The van der Waals surface area contributed by atoms with Gasteiger partial charge in [-0.1, -0.05) is 12.1 Å². The van der Waals surface area contributed by atoms with E-state index in [1.807, 2.05) is 24.3 Å². The van der Waals surface area contributed by atoms with Crippen LogP contribution in [0.2, 0.25) is 0 Å². The molecular weight excluding hydrogens is 194 g/mol. The number of rotatable bonds is 3. The molecule has 0 amide bonds. The van der Waals surface area contributed by atoms with Crippen LogP contribution < -0.4 is 4.72 Å². The molecule has 0 aromatic heterocycles. The lowest BCUT2D eigenvalue weighted by molar-refractivity contribution is 0.282. The van der Waals surface area contributed by atoms with Crippen molar-refractivity contribution in [2.75, 3.05) is 0 Å². The fraction of sp³-hybridized carbons (Fsp3) is 0.455. The molecule has 0 aliphatic heterocycles. The maximum Gasteiger partial charge on any atom is 0.0681 e. The first-order valence-electron chi connectivity index (χ1n) is 4.65. The lowest BCUT2D eigenvalue weighted by Gasteiger charge is -2.19. The molecule has 2 nitrogen and oxygen atoms in total. The van der Waals surface area contributed by atoms with Crippen LogP contribution in [-0.4, -0.2) is 10.6 Å². The standard InChI is InChI=1S/C11H17NOS/c1-11(2,3)12-14-10-6-4-9(8-13)5-7-10/h4-7,12-13H,8H2,1-3H3. The molecule has 0 saturated heterocycles. The Kier molecular flexibility index (Phi) is 3.98. The van der Waals surface area contributed by atoms with Crippen molar-refractivity contribution < 1.29 is 5.11 Å². The first kappa shape index (κ1) is 11.6. The quantitative estimate of drug-likeness (QED) is 0.754. The highest BCUT2D eigenvalue weighted by atomic mass is 32.2. The van der Waals surface area contributed by atoms with Gasteiger partial charge in [-0.25, -0.2) is 0 Å². The van der Waals surface area contributed by atoms with Crippen molar-refractivity contribution in [1.29, 1.82) is 0 Å². The summed E-state index contributed by atoms with van der Waals surface area (Å²) in [6.07, 6.45) is 0. The Morgan fingerprint density at radius 1 is 1.21 bits per heavy atom. The van der Waals surface area contributed by atoms with Gasteiger partial charge in [0.05, 0.1) is 6.61 Å². The van der Waals surface area contributed by atoms with Crippen LogP contribution in [0.1, 0.15) is 26.3 Å². The van der Waals surface area contributed by atoms with E-state index in [2.05, 4.69) is 25.5 Å². The SMILES string of the molecule is CC(C)(C)NSc1ccc(CO)cc1. The van der Waals surface area contributed by atoms with Crippen LogP contribution in [0.4, 0.5) is 0 Å². The number of aliphatic hydroxyl groups excluding tert-OH is 1. The van der Waals surface area contributed by atoms with Crippen molar-refractivity contribution in [2.24, 2.45) is 0 Å². The number of nitrogens with one attached hydrogen (secondary N) is 1. The molecule has 0 unspecified atom stereocenters. The smallest absolute Gasteiger partial charge is 0.0681 e. The molecule has 14 heavy (non-hydrogen) atoms. The van der Waals surface area contributed by atoms with Crippen LogP contribution in [0.25, 0.3) is 0 Å². The Hall–Kier alpha value is -0.510. The minimum Gasteiger partial charge on any atom is -0.392 e. The number of hydrogen-bond donors (Lipinski definition) is 2. The summed E-state index contributed by atoms with van der Waals surface area (Å²) in [7, 11) is 0. The van der Waals surface area contributed by atoms with Crippen molar-refractivity contribution >= 4 is 11.9 Å². The number of hydrogen-bond acceptors (Lipinski definition) is 3. The maximum absolute atomic E-state index is 8.87. The molecule has 0 atom stereocenters. The summed E-state index contributed by atoms with van der Waals surface area (Å²) in [5.74, 6) is 0. The Bertz CT molecular complexity index is 276. The second kappa shape index (κ2) is 4.82. The summed E-state index contributed by atoms with van der Waals surface area (Å²) < 4.78 is 3.33. The van der Waals surface area contributed by atoms with Gasteiger partial charge in [-0.15, -0.1) is 0 Å². The molecule has 1 aromatic rings. The van der Waals surface area contributed by atoms with E-state index < -0.39 is 0 Å². The van der Waals surface area contributed by atoms with Crippen molar-refractivity contribution in [3.8, 4) is 0 Å². The zero-order valence-corrected chi connectivity index (χ0v) is 9.69. The molecule has 3 heteroatoms. The van der Waals surface area contributed by atoms with Gasteiger partial charge in [0.2, 0.25) is 0 Å². The Morgan fingerprint density at radius 3 is 2.21 bits per heavy atom. The molecule has 0 radical (unpaired) electrons. The summed E-state index contributed by atoms with van der Waals surface area (Å²) >= 11 is 1.61. The number of benzene rings is 1. The van der Waals surface area contributed by atoms with Crippen LogP contribution in [0.5, 0.6) is 0 Å². The lowest BCUT2D eigenvalue weighted by Crippen LogP contribution is -2.29. The van der Waals surface area contributed by atoms with E-state index in [1.54, 1.807) is 11.9 Å². The second-order valence-electron chi connectivity index (χ2n) is 4.26. The highest BCUT2D eigenvalue weighted by Crippen LogP contribution is 2.18. The molecule has 0 aliphatic rings. The van der Waals surface area contributed by atoms with Gasteiger partial charge in [0.25, 0.3) is 0 Å². The topological polar surface area (TPSA) is 32.3 Å². The van der Waals surface area contributed by atoms with Crippen molar-refractivity contribution in [3.63, 3.8) is 0 Å². The summed E-state index contributed by atoms with van der Waals surface area (Å²) in [5.41, 5.74) is 1.06. The van der Waals surface area contributed by atoms with Crippen molar-refractivity contribution in [1.82, 2.24) is 4.72 Å². The zero-order chi connectivity index (χ0) is 10.6. The number of aliphatic hydroxyl groups is 1. The third-order valence-electron chi connectivity index (χ3n) is 1.58. The molecule has 2 N–H and O–H groups in total. The molecule has 0 fully saturated rings. The van der Waals surface area contributed by atoms with Crippen LogP contribution in [0.15, 0.2) is 29.2 Å². The molecule has 0 heterocycles. The molecular formula is C11H17NOS. The van der Waals surface area contributed by atoms with E-state index in [0.717, 1.165) is 10.5 Å². The van der Waals surface area contributed by atoms with Gasteiger partial charge in [-0.2, -0.15) is 0 Å². The predicted octanol–water partition coefficient (Wildman–Crippen LogP) is 2.57. The van der Waals surface area contributed by atoms with Gasteiger partial charge in [0.15, 0.2) is 0 Å². The molecule has 0 saturated carbocycles. The Labute approximate surface area is 89.9 Å². The van der Waals surface area contributed by atoms with Gasteiger partial charge in [0, 0.05) is 10.4 Å². The molecule has 78 valence electrons. The lowest BCUT2D eigenvalue weighted by atomic mass is 10.1. The van der Waals surface area contributed by atoms with E-state index in [4.69, 9.17) is 5.11 Å². The van der Waals surface area contributed by atoms with Crippen LogP contribution >= 0.6 is 11.9 Å². The van der Waals surface area contributed by atoms with Gasteiger partial charge in [0.1, 0.15) is 0 Å². The van der Waals surface area contributed by atoms with E-state index in [9.17, 15) is 0 Å². The van der Waals surface area contributed by atoms with Crippen LogP contribution in [0.3, 0.4) is 0 Å². The molecule has 0 bridgehead atoms. The summed E-state index contributed by atoms with van der Waals surface area (Å²) in [5, 5.41) is 8.87. The van der Waals surface area contributed by atoms with Crippen molar-refractivity contribution in [3.05, 3.63) is 29.8 Å². The van der Waals surface area contributed by atoms with E-state index >= 15 is 0 Å². The summed E-state index contributed by atoms with van der Waals surface area (Å²) in [4.78, 5) is 1.16. The Morgan fingerprint density at radius 2 is 1.79 bits per heavy atom. The second-order valence-corrected chi connectivity index (χ2v) is 5.14. The highest BCUT2D eigenvalue weighted by Gasteiger charge is 2.08. The molecule has 0 aliphatic carbocycles.